The van der Waals surface area contributed by atoms with Crippen LogP contribution in [-0.4, -0.2) is 232 Å². The van der Waals surface area contributed by atoms with Gasteiger partial charge < -0.3 is 109 Å². The molecule has 23 nitrogen and oxygen atoms in total. The summed E-state index contributed by atoms with van der Waals surface area (Å²) >= 11 is 0. The van der Waals surface area contributed by atoms with Crippen molar-refractivity contribution >= 4 is 5.97 Å². The van der Waals surface area contributed by atoms with E-state index in [2.05, 4.69) is 13.5 Å². The minimum atomic E-state index is -1.95. The Bertz CT molecular complexity index is 1760. The van der Waals surface area contributed by atoms with Crippen LogP contribution in [0.4, 0.5) is 0 Å². The summed E-state index contributed by atoms with van der Waals surface area (Å²) in [6, 6.07) is 0. The van der Waals surface area contributed by atoms with Gasteiger partial charge in [-0.2, -0.15) is 0 Å². The molecule has 8 fully saturated rings. The Morgan fingerprint density at radius 2 is 1.03 bits per heavy atom. The molecular formula is C44H70O23. The molecule has 67 heavy (non-hydrogen) atoms. The van der Waals surface area contributed by atoms with Crippen LogP contribution in [0.25, 0.3) is 0 Å². The Morgan fingerprint density at radius 3 is 1.57 bits per heavy atom. The second kappa shape index (κ2) is 19.4. The highest BCUT2D eigenvalue weighted by Crippen LogP contribution is 2.74. The van der Waals surface area contributed by atoms with E-state index >= 15 is 0 Å². The zero-order chi connectivity index (χ0) is 48.7. The van der Waals surface area contributed by atoms with Gasteiger partial charge >= 0.3 is 5.97 Å². The van der Waals surface area contributed by atoms with Crippen molar-refractivity contribution in [3.05, 3.63) is 12.2 Å². The monoisotopic (exact) mass is 966 g/mol. The molecule has 8 rings (SSSR count). The molecule has 384 valence electrons. The molecule has 0 aromatic heterocycles. The lowest BCUT2D eigenvalue weighted by Gasteiger charge is -2.64. The molecule has 0 amide bonds. The van der Waals surface area contributed by atoms with Gasteiger partial charge in [0.2, 0.25) is 6.29 Å². The molecule has 2 bridgehead atoms. The fourth-order valence-corrected chi connectivity index (χ4v) is 13.5. The van der Waals surface area contributed by atoms with Gasteiger partial charge in [-0.05, 0) is 86.5 Å². The molecule has 26 atom stereocenters. The lowest BCUT2D eigenvalue weighted by molar-refractivity contribution is -0.400. The summed E-state index contributed by atoms with van der Waals surface area (Å²) < 4.78 is 48.2. The quantitative estimate of drug-likeness (QED) is 0.0494. The van der Waals surface area contributed by atoms with Gasteiger partial charge in [0.05, 0.1) is 37.4 Å². The molecule has 0 aromatic rings. The van der Waals surface area contributed by atoms with Crippen molar-refractivity contribution in [1.82, 2.24) is 0 Å². The van der Waals surface area contributed by atoms with Crippen LogP contribution in [0.2, 0.25) is 0 Å². The van der Waals surface area contributed by atoms with Crippen LogP contribution in [0.3, 0.4) is 0 Å². The molecule has 4 aliphatic carbocycles. The van der Waals surface area contributed by atoms with Crippen LogP contribution in [0, 0.1) is 28.1 Å². The second-order valence-corrected chi connectivity index (χ2v) is 20.8. The number of aliphatic hydroxyl groups excluding tert-OH is 14. The third-order valence-corrected chi connectivity index (χ3v) is 17.1. The fraction of sp³-hybridized carbons (Fsp3) is 0.932. The van der Waals surface area contributed by atoms with E-state index in [-0.39, 0.29) is 11.8 Å². The second-order valence-electron chi connectivity index (χ2n) is 20.8. The topological polar surface area (TPSA) is 374 Å². The predicted octanol–water partition coefficient (Wildman–Crippen LogP) is -5.11. The highest BCUT2D eigenvalue weighted by molar-refractivity contribution is 5.77. The van der Waals surface area contributed by atoms with E-state index in [0.717, 1.165) is 6.42 Å². The Kier molecular flexibility index (Phi) is 15.0. The summed E-state index contributed by atoms with van der Waals surface area (Å²) in [6.45, 7) is 5.41. The number of aliphatic hydroxyl groups is 14. The molecule has 14 N–H and O–H groups in total. The number of fused-ring (bicyclic) bond motifs is 3. The van der Waals surface area contributed by atoms with E-state index in [1.165, 1.54) is 0 Å². The van der Waals surface area contributed by atoms with E-state index in [4.69, 9.17) is 37.9 Å². The molecule has 23 heteroatoms. The molecule has 8 aliphatic rings. The molecule has 1 unspecified atom stereocenters. The number of esters is 1. The Morgan fingerprint density at radius 1 is 0.567 bits per heavy atom. The van der Waals surface area contributed by atoms with Crippen molar-refractivity contribution in [2.45, 2.75) is 200 Å². The number of hydrogen-bond donors (Lipinski definition) is 14. The predicted molar refractivity (Wildman–Crippen MR) is 219 cm³/mol. The zero-order valence-corrected chi connectivity index (χ0v) is 37.5. The molecule has 1 spiro atoms. The van der Waals surface area contributed by atoms with Crippen LogP contribution in [0.5, 0.6) is 0 Å². The van der Waals surface area contributed by atoms with E-state index in [0.29, 0.717) is 56.9 Å². The first-order chi connectivity index (χ1) is 31.6. The lowest BCUT2D eigenvalue weighted by Crippen LogP contribution is -2.68. The SMILES string of the molecule is C=C1CC23CC[C@@H]4[C@](C)(CCC[C@]4(C)C(=O)O[C@H]4O[C@@H](CO)[C@H](O)[C@@H](O)[C@@H]4O)[C@H]2CC[C@@]1(O[C@H]1O[C@@H](CO)[C@H](O)[C@@H](O[C@H]2O[C@@H](CO)[C@H](O)[C@@H](O)[C@@H]2O)[C@@H]1O[C@H]1O[C@@H](CO)[C@H](O)[C@@H](O)[C@@H]1O)C3. The number of rotatable bonds is 12. The average molecular weight is 967 g/mol. The highest BCUT2D eigenvalue weighted by atomic mass is 16.8. The van der Waals surface area contributed by atoms with Gasteiger partial charge in [-0.25, -0.2) is 0 Å². The summed E-state index contributed by atoms with van der Waals surface area (Å²) in [6.07, 6.45) is -29.1. The van der Waals surface area contributed by atoms with Gasteiger partial charge in [-0.3, -0.25) is 4.79 Å². The summed E-state index contributed by atoms with van der Waals surface area (Å²) in [5, 5.41) is 148. The van der Waals surface area contributed by atoms with E-state index in [1.54, 1.807) is 0 Å². The normalized spacial score (nSPS) is 54.5. The molecule has 4 saturated heterocycles. The van der Waals surface area contributed by atoms with Gasteiger partial charge in [-0.15, -0.1) is 0 Å². The van der Waals surface area contributed by atoms with Crippen molar-refractivity contribution in [3.8, 4) is 0 Å². The van der Waals surface area contributed by atoms with Gasteiger partial charge in [-0.1, -0.05) is 19.9 Å². The van der Waals surface area contributed by atoms with Crippen LogP contribution < -0.4 is 0 Å². The Balaban J connectivity index is 1.06. The molecule has 0 aromatic carbocycles. The first-order valence-corrected chi connectivity index (χ1v) is 23.4. The van der Waals surface area contributed by atoms with Crippen LogP contribution in [0.1, 0.15) is 71.6 Å². The van der Waals surface area contributed by atoms with Crippen LogP contribution in [-0.2, 0) is 42.7 Å². The smallest absolute Gasteiger partial charge is 0.314 e. The Labute approximate surface area is 386 Å². The van der Waals surface area contributed by atoms with Crippen molar-refractivity contribution in [2.24, 2.45) is 28.1 Å². The van der Waals surface area contributed by atoms with Gasteiger partial charge in [0.1, 0.15) is 97.7 Å². The van der Waals surface area contributed by atoms with Crippen molar-refractivity contribution in [3.63, 3.8) is 0 Å². The van der Waals surface area contributed by atoms with E-state index in [9.17, 15) is 76.3 Å². The van der Waals surface area contributed by atoms with Crippen LogP contribution >= 0.6 is 0 Å². The molecule has 4 heterocycles. The minimum absolute atomic E-state index is 0.0251. The molecular weight excluding hydrogens is 896 g/mol. The standard InChI is InChI=1S/C44H70O23/c1-17-11-43-9-5-22-41(2,7-4-8-42(22,3)40(59)66-38-33(58)30(55)26(51)20(14-47)62-38)23(43)6-10-44(17,16-43)67-39-35(65-37-32(57)29(54)25(50)19(13-46)61-37)34(27(52)21(15-48)63-39)64-36-31(56)28(53)24(49)18(12-45)60-36/h18-39,45-58H,1,4-16H2,2-3H3/t18-,19-,20-,21-,22+,23+,24-,25-,26-,27-,28+,29+,30+,31-,32-,33-,34+,35-,36+,37+,38+,39+,41-,42-,43?,44+/m0/s1. The molecule has 4 aliphatic heterocycles. The number of ether oxygens (including phenoxy) is 8. The van der Waals surface area contributed by atoms with Crippen molar-refractivity contribution in [2.75, 3.05) is 26.4 Å². The molecule has 0 radical (unpaired) electrons. The zero-order valence-electron chi connectivity index (χ0n) is 37.5. The number of carbonyl (C=O) groups excluding carboxylic acids is 1. The highest BCUT2D eigenvalue weighted by Gasteiger charge is 2.70. The van der Waals surface area contributed by atoms with E-state index < -0.39 is 177 Å². The van der Waals surface area contributed by atoms with E-state index in [1.807, 2.05) is 6.92 Å². The maximum atomic E-state index is 14.3. The third-order valence-electron chi connectivity index (χ3n) is 17.1. The van der Waals surface area contributed by atoms with Gasteiger partial charge in [0.15, 0.2) is 18.9 Å². The average Bonchev–Trinajstić information content (AvgIpc) is 3.50. The van der Waals surface area contributed by atoms with Gasteiger partial charge in [0.25, 0.3) is 0 Å². The summed E-state index contributed by atoms with van der Waals surface area (Å²) in [4.78, 5) is 14.3. The minimum Gasteiger partial charge on any atom is -0.432 e. The van der Waals surface area contributed by atoms with Crippen LogP contribution in [0.15, 0.2) is 12.2 Å². The third kappa shape index (κ3) is 8.63. The maximum absolute atomic E-state index is 14.3. The first kappa shape index (κ1) is 51.7. The maximum Gasteiger partial charge on any atom is 0.314 e. The first-order valence-electron chi connectivity index (χ1n) is 23.4. The largest absolute Gasteiger partial charge is 0.432 e. The number of carbonyl (C=O) groups is 1. The summed E-state index contributed by atoms with van der Waals surface area (Å²) in [7, 11) is 0. The summed E-state index contributed by atoms with van der Waals surface area (Å²) in [5.74, 6) is -0.805. The van der Waals surface area contributed by atoms with Crippen molar-refractivity contribution in [1.29, 1.82) is 0 Å². The van der Waals surface area contributed by atoms with Gasteiger partial charge in [0, 0.05) is 0 Å². The number of hydrogen-bond acceptors (Lipinski definition) is 23. The summed E-state index contributed by atoms with van der Waals surface area (Å²) in [5.41, 5.74) is -2.33. The molecule has 4 saturated carbocycles. The Hall–Kier alpha value is -1.63. The lowest BCUT2D eigenvalue weighted by atomic mass is 9.41. The fourth-order valence-electron chi connectivity index (χ4n) is 13.5. The van der Waals surface area contributed by atoms with Crippen molar-refractivity contribution < 1.29 is 114 Å².